The van der Waals surface area contributed by atoms with Gasteiger partial charge in [-0.1, -0.05) is 17.7 Å². The number of H-pyrrole nitrogens is 1. The maximum Gasteiger partial charge on any atom is 0.332 e. The van der Waals surface area contributed by atoms with E-state index in [-0.39, 0.29) is 5.56 Å². The van der Waals surface area contributed by atoms with Gasteiger partial charge in [0.05, 0.1) is 5.69 Å². The SMILES string of the molecule is Cc1c(Cl)cccc1-n1cc(C#N)c(=O)[nH]c1=O. The Morgan fingerprint density at radius 3 is 2.78 bits per heavy atom. The number of benzene rings is 1. The number of hydrogen-bond acceptors (Lipinski definition) is 3. The highest BCUT2D eigenvalue weighted by Crippen LogP contribution is 2.20. The summed E-state index contributed by atoms with van der Waals surface area (Å²) in [6.45, 7) is 1.75. The molecule has 0 aliphatic rings. The van der Waals surface area contributed by atoms with E-state index >= 15 is 0 Å². The molecule has 6 heteroatoms. The Morgan fingerprint density at radius 1 is 1.39 bits per heavy atom. The van der Waals surface area contributed by atoms with Crippen molar-refractivity contribution in [3.63, 3.8) is 0 Å². The largest absolute Gasteiger partial charge is 0.332 e. The Kier molecular flexibility index (Phi) is 3.04. The molecule has 0 spiro atoms. The third kappa shape index (κ3) is 1.94. The smallest absolute Gasteiger partial charge is 0.273 e. The highest BCUT2D eigenvalue weighted by Gasteiger charge is 2.09. The van der Waals surface area contributed by atoms with Crippen molar-refractivity contribution in [1.82, 2.24) is 9.55 Å². The minimum Gasteiger partial charge on any atom is -0.273 e. The summed E-state index contributed by atoms with van der Waals surface area (Å²) >= 11 is 5.97. The topological polar surface area (TPSA) is 78.7 Å². The number of nitriles is 1. The summed E-state index contributed by atoms with van der Waals surface area (Å²) < 4.78 is 1.20. The van der Waals surface area contributed by atoms with Crippen LogP contribution in [0.4, 0.5) is 0 Å². The number of nitrogens with one attached hydrogen (secondary N) is 1. The molecule has 5 nitrogen and oxygen atoms in total. The van der Waals surface area contributed by atoms with E-state index < -0.39 is 11.2 Å². The summed E-state index contributed by atoms with van der Waals surface area (Å²) in [7, 11) is 0. The van der Waals surface area contributed by atoms with Crippen LogP contribution < -0.4 is 11.2 Å². The van der Waals surface area contributed by atoms with E-state index in [1.807, 2.05) is 0 Å². The first-order valence-electron chi connectivity index (χ1n) is 5.06. The molecule has 1 aromatic carbocycles. The van der Waals surface area contributed by atoms with E-state index in [9.17, 15) is 9.59 Å². The molecular formula is C12H8ClN3O2. The lowest BCUT2D eigenvalue weighted by Gasteiger charge is -2.09. The molecule has 0 saturated heterocycles. The van der Waals surface area contributed by atoms with Crippen LogP contribution in [0, 0.1) is 18.3 Å². The van der Waals surface area contributed by atoms with Crippen molar-refractivity contribution < 1.29 is 0 Å². The number of rotatable bonds is 1. The van der Waals surface area contributed by atoms with Crippen LogP contribution in [0.25, 0.3) is 5.69 Å². The van der Waals surface area contributed by atoms with Gasteiger partial charge in [0.25, 0.3) is 5.56 Å². The van der Waals surface area contributed by atoms with Crippen LogP contribution in [-0.4, -0.2) is 9.55 Å². The second-order valence-electron chi connectivity index (χ2n) is 3.67. The minimum absolute atomic E-state index is 0.131. The van der Waals surface area contributed by atoms with Crippen LogP contribution in [0.1, 0.15) is 11.1 Å². The fourth-order valence-corrected chi connectivity index (χ4v) is 1.76. The first-order valence-corrected chi connectivity index (χ1v) is 5.44. The molecule has 2 aromatic rings. The monoisotopic (exact) mass is 261 g/mol. The van der Waals surface area contributed by atoms with Crippen molar-refractivity contribution in [3.05, 3.63) is 61.4 Å². The molecule has 0 amide bonds. The highest BCUT2D eigenvalue weighted by atomic mass is 35.5. The number of nitrogens with zero attached hydrogens (tertiary/aromatic N) is 2. The number of hydrogen-bond donors (Lipinski definition) is 1. The average molecular weight is 262 g/mol. The van der Waals surface area contributed by atoms with E-state index in [4.69, 9.17) is 16.9 Å². The standard InChI is InChI=1S/C12H8ClN3O2/c1-7-9(13)3-2-4-10(7)16-6-8(5-14)11(17)15-12(16)18/h2-4,6H,1H3,(H,15,17,18). The third-order valence-electron chi connectivity index (χ3n) is 2.56. The Balaban J connectivity index is 2.81. The zero-order chi connectivity index (χ0) is 13.3. The summed E-state index contributed by atoms with van der Waals surface area (Å²) in [6, 6.07) is 6.80. The van der Waals surface area contributed by atoms with Crippen molar-refractivity contribution in [2.45, 2.75) is 6.92 Å². The highest BCUT2D eigenvalue weighted by molar-refractivity contribution is 6.31. The number of halogens is 1. The predicted octanol–water partition coefficient (Wildman–Crippen LogP) is 1.36. The molecule has 0 aliphatic carbocycles. The van der Waals surface area contributed by atoms with Gasteiger partial charge in [-0.15, -0.1) is 0 Å². The molecule has 1 heterocycles. The lowest BCUT2D eigenvalue weighted by Crippen LogP contribution is -2.30. The van der Waals surface area contributed by atoms with Gasteiger partial charge in [-0.2, -0.15) is 5.26 Å². The molecule has 0 aliphatic heterocycles. The normalized spacial score (nSPS) is 10.1. The molecule has 0 bridgehead atoms. The van der Waals surface area contributed by atoms with Gasteiger partial charge in [0.15, 0.2) is 0 Å². The number of aromatic nitrogens is 2. The zero-order valence-corrected chi connectivity index (χ0v) is 10.2. The van der Waals surface area contributed by atoms with Gasteiger partial charge in [-0.3, -0.25) is 14.3 Å². The molecular weight excluding hydrogens is 254 g/mol. The van der Waals surface area contributed by atoms with Gasteiger partial charge in [-0.05, 0) is 24.6 Å². The van der Waals surface area contributed by atoms with E-state index in [0.717, 1.165) is 0 Å². The second-order valence-corrected chi connectivity index (χ2v) is 4.08. The van der Waals surface area contributed by atoms with Crippen molar-refractivity contribution >= 4 is 11.6 Å². The van der Waals surface area contributed by atoms with Gasteiger partial charge in [0, 0.05) is 11.2 Å². The van der Waals surface area contributed by atoms with E-state index in [1.54, 1.807) is 31.2 Å². The van der Waals surface area contributed by atoms with Crippen molar-refractivity contribution in [3.8, 4) is 11.8 Å². The molecule has 0 fully saturated rings. The lowest BCUT2D eigenvalue weighted by molar-refractivity contribution is 0.883. The molecule has 0 radical (unpaired) electrons. The molecule has 0 atom stereocenters. The molecule has 1 aromatic heterocycles. The summed E-state index contributed by atoms with van der Waals surface area (Å²) in [4.78, 5) is 25.1. The Hall–Kier alpha value is -2.32. The molecule has 0 saturated carbocycles. The molecule has 1 N–H and O–H groups in total. The number of aromatic amines is 1. The zero-order valence-electron chi connectivity index (χ0n) is 9.40. The first-order chi connectivity index (χ1) is 8.54. The van der Waals surface area contributed by atoms with E-state index in [2.05, 4.69) is 4.98 Å². The third-order valence-corrected chi connectivity index (χ3v) is 2.97. The van der Waals surface area contributed by atoms with Crippen molar-refractivity contribution in [2.75, 3.05) is 0 Å². The van der Waals surface area contributed by atoms with Crippen molar-refractivity contribution in [1.29, 1.82) is 5.26 Å². The molecule has 18 heavy (non-hydrogen) atoms. The summed E-state index contributed by atoms with van der Waals surface area (Å²) in [5, 5.41) is 9.30. The van der Waals surface area contributed by atoms with Gasteiger partial charge in [-0.25, -0.2) is 4.79 Å². The van der Waals surface area contributed by atoms with Gasteiger partial charge in [0.2, 0.25) is 0 Å². The second kappa shape index (κ2) is 4.51. The molecule has 90 valence electrons. The van der Waals surface area contributed by atoms with Gasteiger partial charge >= 0.3 is 5.69 Å². The van der Waals surface area contributed by atoms with Crippen molar-refractivity contribution in [2.24, 2.45) is 0 Å². The van der Waals surface area contributed by atoms with E-state index in [0.29, 0.717) is 16.3 Å². The summed E-state index contributed by atoms with van der Waals surface area (Å²) in [5.74, 6) is 0. The maximum absolute atomic E-state index is 11.7. The summed E-state index contributed by atoms with van der Waals surface area (Å²) in [5.41, 5.74) is -0.214. The summed E-state index contributed by atoms with van der Waals surface area (Å²) in [6.07, 6.45) is 1.21. The minimum atomic E-state index is -0.696. The molecule has 0 unspecified atom stereocenters. The van der Waals surface area contributed by atoms with Gasteiger partial charge < -0.3 is 0 Å². The molecule has 2 rings (SSSR count). The fourth-order valence-electron chi connectivity index (χ4n) is 1.59. The van der Waals surface area contributed by atoms with Crippen LogP contribution in [0.2, 0.25) is 5.02 Å². The average Bonchev–Trinajstić information content (AvgIpc) is 2.34. The Bertz CT molecular complexity index is 768. The predicted molar refractivity (Wildman–Crippen MR) is 67.1 cm³/mol. The Morgan fingerprint density at radius 2 is 2.11 bits per heavy atom. The fraction of sp³-hybridized carbons (Fsp3) is 0.0833. The van der Waals surface area contributed by atoms with E-state index in [1.165, 1.54) is 10.8 Å². The van der Waals surface area contributed by atoms with Crippen LogP contribution in [0.3, 0.4) is 0 Å². The quantitative estimate of drug-likeness (QED) is 0.842. The van der Waals surface area contributed by atoms with Crippen LogP contribution in [0.5, 0.6) is 0 Å². The van der Waals surface area contributed by atoms with Crippen LogP contribution in [0.15, 0.2) is 34.0 Å². The lowest BCUT2D eigenvalue weighted by atomic mass is 10.2. The van der Waals surface area contributed by atoms with Crippen LogP contribution >= 0.6 is 11.6 Å². The first kappa shape index (κ1) is 12.1. The maximum atomic E-state index is 11.7. The van der Waals surface area contributed by atoms with Gasteiger partial charge in [0.1, 0.15) is 11.6 Å². The Labute approximate surface area is 107 Å². The van der Waals surface area contributed by atoms with Crippen LogP contribution in [-0.2, 0) is 0 Å².